The molecule has 1 aromatic rings. The third kappa shape index (κ3) is 4.04. The molecule has 2 aliphatic rings. The molecule has 7 heteroatoms. The largest absolute Gasteiger partial charge is 0.494 e. The van der Waals surface area contributed by atoms with Crippen molar-refractivity contribution in [2.24, 2.45) is 5.92 Å². The fourth-order valence-electron chi connectivity index (χ4n) is 4.05. The van der Waals surface area contributed by atoms with Crippen molar-refractivity contribution in [3.8, 4) is 0 Å². The van der Waals surface area contributed by atoms with Crippen LogP contribution in [0.25, 0.3) is 0 Å². The number of methoxy groups -OCH3 is 2. The van der Waals surface area contributed by atoms with Gasteiger partial charge >= 0.3 is 7.12 Å². The van der Waals surface area contributed by atoms with Crippen LogP contribution in [-0.2, 0) is 18.8 Å². The molecule has 28 heavy (non-hydrogen) atoms. The number of nitrogens with one attached hydrogen (secondary N) is 1. The Balaban J connectivity index is 1.73. The molecule has 0 radical (unpaired) electrons. The first kappa shape index (κ1) is 21.4. The molecule has 2 fully saturated rings. The minimum absolute atomic E-state index is 0.114. The molecule has 0 spiro atoms. The lowest BCUT2D eigenvalue weighted by atomic mass is 9.78. The van der Waals surface area contributed by atoms with Crippen molar-refractivity contribution in [3.05, 3.63) is 18.2 Å². The zero-order valence-electron chi connectivity index (χ0n) is 18.4. The van der Waals surface area contributed by atoms with E-state index in [4.69, 9.17) is 18.8 Å². The van der Waals surface area contributed by atoms with Gasteiger partial charge in [-0.2, -0.15) is 0 Å². The SMILES string of the molecule is CNc1cc(B2OC(C)(C)C(C)(C)O2)ccc1N1CCC(C(OC)OC)CC1. The van der Waals surface area contributed by atoms with Crippen LogP contribution in [-0.4, -0.2) is 59.0 Å². The van der Waals surface area contributed by atoms with Crippen LogP contribution in [0.4, 0.5) is 11.4 Å². The molecular weight excluding hydrogens is 355 g/mol. The Hall–Kier alpha value is -1.28. The second-order valence-electron chi connectivity index (χ2n) is 8.78. The number of nitrogens with zero attached hydrogens (tertiary/aromatic N) is 1. The van der Waals surface area contributed by atoms with E-state index >= 15 is 0 Å². The van der Waals surface area contributed by atoms with Gasteiger partial charge in [-0.25, -0.2) is 0 Å². The summed E-state index contributed by atoms with van der Waals surface area (Å²) in [6, 6.07) is 6.45. The Kier molecular flexibility index (Phi) is 6.30. The predicted octanol–water partition coefficient (Wildman–Crippen LogP) is 2.86. The normalized spacial score (nSPS) is 22.1. The van der Waals surface area contributed by atoms with E-state index in [0.717, 1.165) is 37.1 Å². The van der Waals surface area contributed by atoms with Crippen LogP contribution in [0.3, 0.4) is 0 Å². The lowest BCUT2D eigenvalue weighted by Crippen LogP contribution is -2.41. The Morgan fingerprint density at radius 3 is 2.14 bits per heavy atom. The average Bonchev–Trinajstić information content (AvgIpc) is 2.90. The van der Waals surface area contributed by atoms with Crippen LogP contribution in [0, 0.1) is 5.92 Å². The van der Waals surface area contributed by atoms with Gasteiger partial charge in [0.15, 0.2) is 6.29 Å². The number of hydrogen-bond donors (Lipinski definition) is 1. The highest BCUT2D eigenvalue weighted by Gasteiger charge is 2.51. The van der Waals surface area contributed by atoms with Gasteiger partial charge in [-0.15, -0.1) is 0 Å². The highest BCUT2D eigenvalue weighted by molar-refractivity contribution is 6.62. The smallest absolute Gasteiger partial charge is 0.399 e. The molecule has 1 N–H and O–H groups in total. The number of anilines is 2. The van der Waals surface area contributed by atoms with Crippen molar-refractivity contribution in [2.45, 2.75) is 58.0 Å². The van der Waals surface area contributed by atoms with Crippen LogP contribution in [0.2, 0.25) is 0 Å². The average molecular weight is 390 g/mol. The Morgan fingerprint density at radius 2 is 1.64 bits per heavy atom. The highest BCUT2D eigenvalue weighted by Crippen LogP contribution is 2.37. The minimum atomic E-state index is -0.346. The van der Waals surface area contributed by atoms with Crippen LogP contribution in [0.15, 0.2) is 18.2 Å². The first-order valence-corrected chi connectivity index (χ1v) is 10.2. The Bertz CT molecular complexity index is 654. The zero-order chi connectivity index (χ0) is 20.5. The van der Waals surface area contributed by atoms with Crippen LogP contribution >= 0.6 is 0 Å². The quantitative estimate of drug-likeness (QED) is 0.596. The van der Waals surface area contributed by atoms with Gasteiger partial charge in [0.25, 0.3) is 0 Å². The molecule has 0 aliphatic carbocycles. The van der Waals surface area contributed by atoms with Crippen molar-refractivity contribution in [2.75, 3.05) is 44.6 Å². The van der Waals surface area contributed by atoms with E-state index in [0.29, 0.717) is 5.92 Å². The molecule has 1 aromatic carbocycles. The standard InChI is InChI=1S/C21H35BN2O4/c1-20(2)21(3,4)28-22(27-20)16-8-9-18(17(14-16)23-5)24-12-10-15(11-13-24)19(25-6)26-7/h8-9,14-15,19,23H,10-13H2,1-7H3. The summed E-state index contributed by atoms with van der Waals surface area (Å²) in [6.07, 6.45) is 1.99. The molecule has 0 bridgehead atoms. The number of hydrogen-bond acceptors (Lipinski definition) is 6. The minimum Gasteiger partial charge on any atom is -0.399 e. The second kappa shape index (κ2) is 8.23. The van der Waals surface area contributed by atoms with E-state index in [-0.39, 0.29) is 24.6 Å². The Morgan fingerprint density at radius 1 is 1.07 bits per heavy atom. The van der Waals surface area contributed by atoms with E-state index in [1.54, 1.807) is 14.2 Å². The molecule has 156 valence electrons. The lowest BCUT2D eigenvalue weighted by molar-refractivity contribution is -0.141. The van der Waals surface area contributed by atoms with Gasteiger partial charge in [-0.05, 0) is 58.1 Å². The second-order valence-corrected chi connectivity index (χ2v) is 8.78. The molecule has 6 nitrogen and oxygen atoms in total. The first-order valence-electron chi connectivity index (χ1n) is 10.2. The summed E-state index contributed by atoms with van der Waals surface area (Å²) in [6.45, 7) is 10.3. The molecule has 2 aliphatic heterocycles. The van der Waals surface area contributed by atoms with E-state index in [9.17, 15) is 0 Å². The summed E-state index contributed by atoms with van der Waals surface area (Å²) in [7, 11) is 5.05. The monoisotopic (exact) mass is 390 g/mol. The van der Waals surface area contributed by atoms with E-state index in [1.807, 2.05) is 7.05 Å². The van der Waals surface area contributed by atoms with E-state index < -0.39 is 0 Å². The highest BCUT2D eigenvalue weighted by atomic mass is 16.7. The molecule has 0 aromatic heterocycles. The summed E-state index contributed by atoms with van der Waals surface area (Å²) < 4.78 is 23.3. The molecule has 0 atom stereocenters. The molecular formula is C21H35BN2O4. The maximum absolute atomic E-state index is 6.21. The number of piperidine rings is 1. The van der Waals surface area contributed by atoms with Crippen molar-refractivity contribution >= 4 is 24.0 Å². The van der Waals surface area contributed by atoms with Gasteiger partial charge in [0.2, 0.25) is 0 Å². The van der Waals surface area contributed by atoms with E-state index in [2.05, 4.69) is 56.1 Å². The van der Waals surface area contributed by atoms with Gasteiger partial charge in [-0.3, -0.25) is 0 Å². The van der Waals surface area contributed by atoms with Gasteiger partial charge in [0.05, 0.1) is 22.6 Å². The Labute approximate surface area is 170 Å². The molecule has 0 saturated carbocycles. The number of benzene rings is 1. The van der Waals surface area contributed by atoms with Crippen molar-refractivity contribution < 1.29 is 18.8 Å². The third-order valence-electron chi connectivity index (χ3n) is 6.55. The third-order valence-corrected chi connectivity index (χ3v) is 6.55. The van der Waals surface area contributed by atoms with Gasteiger partial charge in [0, 0.05) is 40.3 Å². The summed E-state index contributed by atoms with van der Waals surface area (Å²) in [5.74, 6) is 0.438. The summed E-state index contributed by atoms with van der Waals surface area (Å²) in [5.41, 5.74) is 2.68. The van der Waals surface area contributed by atoms with Gasteiger partial charge in [-0.1, -0.05) is 6.07 Å². The fraction of sp³-hybridized carbons (Fsp3) is 0.714. The molecule has 2 heterocycles. The number of rotatable bonds is 6. The van der Waals surface area contributed by atoms with Gasteiger partial charge < -0.3 is 29.0 Å². The van der Waals surface area contributed by atoms with E-state index in [1.165, 1.54) is 5.69 Å². The zero-order valence-corrected chi connectivity index (χ0v) is 18.4. The maximum Gasteiger partial charge on any atom is 0.494 e. The fourth-order valence-corrected chi connectivity index (χ4v) is 4.05. The predicted molar refractivity (Wildman–Crippen MR) is 114 cm³/mol. The molecule has 0 unspecified atom stereocenters. The van der Waals surface area contributed by atoms with Crippen molar-refractivity contribution in [1.29, 1.82) is 0 Å². The lowest BCUT2D eigenvalue weighted by Gasteiger charge is -2.37. The first-order chi connectivity index (χ1) is 13.2. The van der Waals surface area contributed by atoms with Gasteiger partial charge in [0.1, 0.15) is 0 Å². The summed E-state index contributed by atoms with van der Waals surface area (Å²) >= 11 is 0. The topological polar surface area (TPSA) is 52.2 Å². The van der Waals surface area contributed by atoms with Crippen molar-refractivity contribution in [1.82, 2.24) is 0 Å². The summed E-state index contributed by atoms with van der Waals surface area (Å²) in [5, 5.41) is 3.35. The van der Waals surface area contributed by atoms with Crippen molar-refractivity contribution in [3.63, 3.8) is 0 Å². The van der Waals surface area contributed by atoms with Crippen LogP contribution < -0.4 is 15.7 Å². The van der Waals surface area contributed by atoms with Crippen LogP contribution in [0.5, 0.6) is 0 Å². The molecule has 2 saturated heterocycles. The molecule has 3 rings (SSSR count). The summed E-state index contributed by atoms with van der Waals surface area (Å²) in [4.78, 5) is 2.43. The maximum atomic E-state index is 6.21. The molecule has 0 amide bonds. The van der Waals surface area contributed by atoms with Crippen LogP contribution in [0.1, 0.15) is 40.5 Å². The number of ether oxygens (including phenoxy) is 2.